The van der Waals surface area contributed by atoms with E-state index < -0.39 is 0 Å². The molecule has 34 heavy (non-hydrogen) atoms. The number of fused-ring (bicyclic) bond motifs is 1. The maximum absolute atomic E-state index is 13.5. The molecule has 0 saturated heterocycles. The van der Waals surface area contributed by atoms with Crippen molar-refractivity contribution in [2.24, 2.45) is 0 Å². The number of carbonyl (C=O) groups is 1. The quantitative estimate of drug-likeness (QED) is 0.491. The summed E-state index contributed by atoms with van der Waals surface area (Å²) in [6.45, 7) is 5.68. The second-order valence-corrected chi connectivity index (χ2v) is 8.99. The molecule has 1 aromatic carbocycles. The number of methoxy groups -OCH3 is 1. The molecule has 0 spiro atoms. The third kappa shape index (κ3) is 5.31. The first-order valence-electron chi connectivity index (χ1n) is 11.4. The largest absolute Gasteiger partial charge is 0.496 e. The van der Waals surface area contributed by atoms with Crippen molar-refractivity contribution in [2.45, 2.75) is 33.0 Å². The van der Waals surface area contributed by atoms with Gasteiger partial charge in [-0.2, -0.15) is 0 Å². The van der Waals surface area contributed by atoms with E-state index in [2.05, 4.69) is 22.0 Å². The van der Waals surface area contributed by atoms with Gasteiger partial charge in [0, 0.05) is 56.8 Å². The summed E-state index contributed by atoms with van der Waals surface area (Å²) >= 11 is 1.50. The van der Waals surface area contributed by atoms with Gasteiger partial charge in [0.25, 0.3) is 11.5 Å². The molecule has 0 unspecified atom stereocenters. The predicted octanol–water partition coefficient (Wildman–Crippen LogP) is 3.04. The standard InChI is InChI=1S/C25H30N4O4S/c1-4-33-20-7-5-6-18(12-20)14-28-9-8-21-24(22(32-3)13-23(30)29(21)11-10-28)25(31)27(2)15-19-16-34-17-26-19/h5-7,12-13,16-17H,4,8-11,14-15H2,1-3H3. The van der Waals surface area contributed by atoms with Crippen LogP contribution in [0.25, 0.3) is 0 Å². The van der Waals surface area contributed by atoms with Crippen LogP contribution in [0.4, 0.5) is 0 Å². The lowest BCUT2D eigenvalue weighted by molar-refractivity contribution is 0.0777. The molecule has 0 aliphatic carbocycles. The molecule has 3 heterocycles. The Kier molecular flexibility index (Phi) is 7.64. The average Bonchev–Trinajstić information content (AvgIpc) is 3.25. The van der Waals surface area contributed by atoms with Crippen LogP contribution in [0.5, 0.6) is 11.5 Å². The number of amides is 1. The van der Waals surface area contributed by atoms with Crippen LogP contribution in [0.2, 0.25) is 0 Å². The van der Waals surface area contributed by atoms with E-state index in [4.69, 9.17) is 9.47 Å². The van der Waals surface area contributed by atoms with Crippen LogP contribution in [-0.4, -0.2) is 59.1 Å². The SMILES string of the molecule is CCOc1cccc(CN2CCc3c(C(=O)N(C)Cc4cscn4)c(OC)cc(=O)n3CC2)c1. The molecule has 3 aromatic rings. The molecule has 1 aliphatic heterocycles. The lowest BCUT2D eigenvalue weighted by Crippen LogP contribution is -2.32. The fourth-order valence-corrected chi connectivity index (χ4v) is 4.87. The third-order valence-electron chi connectivity index (χ3n) is 5.96. The first-order valence-corrected chi connectivity index (χ1v) is 12.3. The molecule has 0 saturated carbocycles. The van der Waals surface area contributed by atoms with Crippen LogP contribution in [0, 0.1) is 0 Å². The predicted molar refractivity (Wildman–Crippen MR) is 132 cm³/mol. The summed E-state index contributed by atoms with van der Waals surface area (Å²) in [6.07, 6.45) is 0.573. The summed E-state index contributed by atoms with van der Waals surface area (Å²) < 4.78 is 12.9. The van der Waals surface area contributed by atoms with Crippen molar-refractivity contribution in [2.75, 3.05) is 33.9 Å². The Labute approximate surface area is 203 Å². The van der Waals surface area contributed by atoms with E-state index in [0.29, 0.717) is 44.0 Å². The molecule has 0 fully saturated rings. The fourth-order valence-electron chi connectivity index (χ4n) is 4.32. The lowest BCUT2D eigenvalue weighted by Gasteiger charge is -2.22. The number of thiazole rings is 1. The van der Waals surface area contributed by atoms with E-state index in [1.807, 2.05) is 24.4 Å². The minimum absolute atomic E-state index is 0.147. The Hall–Kier alpha value is -3.17. The summed E-state index contributed by atoms with van der Waals surface area (Å²) in [7, 11) is 3.25. The summed E-state index contributed by atoms with van der Waals surface area (Å²) in [5.74, 6) is 1.01. The first-order chi connectivity index (χ1) is 16.5. The number of aromatic nitrogens is 2. The Morgan fingerprint density at radius 3 is 2.82 bits per heavy atom. The highest BCUT2D eigenvalue weighted by Crippen LogP contribution is 2.25. The van der Waals surface area contributed by atoms with Gasteiger partial charge in [-0.05, 0) is 24.6 Å². The van der Waals surface area contributed by atoms with Crippen LogP contribution in [0.15, 0.2) is 46.0 Å². The van der Waals surface area contributed by atoms with Gasteiger partial charge < -0.3 is 18.9 Å². The van der Waals surface area contributed by atoms with E-state index >= 15 is 0 Å². The van der Waals surface area contributed by atoms with Crippen molar-refractivity contribution in [3.05, 3.63) is 74.1 Å². The topological polar surface area (TPSA) is 76.9 Å². The smallest absolute Gasteiger partial charge is 0.259 e. The maximum atomic E-state index is 13.5. The van der Waals surface area contributed by atoms with Crippen molar-refractivity contribution < 1.29 is 14.3 Å². The van der Waals surface area contributed by atoms with Crippen LogP contribution >= 0.6 is 11.3 Å². The number of benzene rings is 1. The molecule has 0 atom stereocenters. The van der Waals surface area contributed by atoms with Gasteiger partial charge in [-0.15, -0.1) is 11.3 Å². The Morgan fingerprint density at radius 1 is 1.24 bits per heavy atom. The molecule has 0 radical (unpaired) electrons. The third-order valence-corrected chi connectivity index (χ3v) is 6.60. The number of ether oxygens (including phenoxy) is 2. The zero-order valence-corrected chi connectivity index (χ0v) is 20.6. The Bertz CT molecular complexity index is 1190. The Morgan fingerprint density at radius 2 is 2.09 bits per heavy atom. The molecule has 0 N–H and O–H groups in total. The van der Waals surface area contributed by atoms with E-state index in [1.54, 1.807) is 22.0 Å². The summed E-state index contributed by atoms with van der Waals surface area (Å²) in [4.78, 5) is 34.6. The number of pyridine rings is 1. The zero-order valence-electron chi connectivity index (χ0n) is 19.8. The molecule has 2 aromatic heterocycles. The normalized spacial score (nSPS) is 13.7. The molecule has 8 nitrogen and oxygen atoms in total. The van der Waals surface area contributed by atoms with Gasteiger partial charge >= 0.3 is 0 Å². The van der Waals surface area contributed by atoms with Gasteiger partial charge in [0.1, 0.15) is 17.1 Å². The first kappa shape index (κ1) is 24.0. The molecule has 180 valence electrons. The van der Waals surface area contributed by atoms with Crippen LogP contribution < -0.4 is 15.0 Å². The van der Waals surface area contributed by atoms with Crippen molar-refractivity contribution in [3.8, 4) is 11.5 Å². The monoisotopic (exact) mass is 482 g/mol. The molecular formula is C25H30N4O4S. The second-order valence-electron chi connectivity index (χ2n) is 8.27. The Balaban J connectivity index is 1.58. The van der Waals surface area contributed by atoms with Crippen LogP contribution in [0.1, 0.15) is 34.2 Å². The van der Waals surface area contributed by atoms with Gasteiger partial charge in [0.05, 0.1) is 31.5 Å². The second kappa shape index (κ2) is 10.8. The van der Waals surface area contributed by atoms with Gasteiger partial charge in [-0.3, -0.25) is 14.5 Å². The van der Waals surface area contributed by atoms with Gasteiger partial charge in [-0.25, -0.2) is 4.98 Å². The number of carbonyl (C=O) groups excluding carboxylic acids is 1. The maximum Gasteiger partial charge on any atom is 0.259 e. The molecule has 4 rings (SSSR count). The number of rotatable bonds is 8. The zero-order chi connectivity index (χ0) is 24.1. The number of hydrogen-bond acceptors (Lipinski definition) is 7. The number of hydrogen-bond donors (Lipinski definition) is 0. The van der Waals surface area contributed by atoms with Gasteiger partial charge in [0.2, 0.25) is 0 Å². The van der Waals surface area contributed by atoms with Crippen molar-refractivity contribution >= 4 is 17.2 Å². The molecule has 9 heteroatoms. The van der Waals surface area contributed by atoms with E-state index in [0.717, 1.165) is 35.8 Å². The van der Waals surface area contributed by atoms with Crippen LogP contribution in [0.3, 0.4) is 0 Å². The highest BCUT2D eigenvalue weighted by atomic mass is 32.1. The number of nitrogens with zero attached hydrogens (tertiary/aromatic N) is 4. The molecule has 0 bridgehead atoms. The minimum atomic E-state index is -0.175. The fraction of sp³-hybridized carbons (Fsp3) is 0.400. The lowest BCUT2D eigenvalue weighted by atomic mass is 10.1. The molecular weight excluding hydrogens is 452 g/mol. The summed E-state index contributed by atoms with van der Waals surface area (Å²) in [5.41, 5.74) is 4.78. The minimum Gasteiger partial charge on any atom is -0.496 e. The van der Waals surface area contributed by atoms with Crippen LogP contribution in [-0.2, 0) is 26.1 Å². The molecule has 1 amide bonds. The van der Waals surface area contributed by atoms with Crippen molar-refractivity contribution in [3.63, 3.8) is 0 Å². The summed E-state index contributed by atoms with van der Waals surface area (Å²) in [5, 5.41) is 1.93. The van der Waals surface area contributed by atoms with Crippen molar-refractivity contribution in [1.82, 2.24) is 19.4 Å². The average molecular weight is 483 g/mol. The molecule has 1 aliphatic rings. The van der Waals surface area contributed by atoms with Gasteiger partial charge in [0.15, 0.2) is 0 Å². The summed E-state index contributed by atoms with van der Waals surface area (Å²) in [6, 6.07) is 9.51. The van der Waals surface area contributed by atoms with Gasteiger partial charge in [-0.1, -0.05) is 12.1 Å². The highest BCUT2D eigenvalue weighted by Gasteiger charge is 2.27. The van der Waals surface area contributed by atoms with E-state index in [-0.39, 0.29) is 11.5 Å². The van der Waals surface area contributed by atoms with E-state index in [1.165, 1.54) is 24.5 Å². The van der Waals surface area contributed by atoms with E-state index in [9.17, 15) is 9.59 Å². The highest BCUT2D eigenvalue weighted by molar-refractivity contribution is 7.07. The van der Waals surface area contributed by atoms with Crippen molar-refractivity contribution in [1.29, 1.82) is 0 Å².